The van der Waals surface area contributed by atoms with E-state index in [1.807, 2.05) is 0 Å². The van der Waals surface area contributed by atoms with Gasteiger partial charge in [-0.15, -0.1) is 0 Å². The highest BCUT2D eigenvalue weighted by molar-refractivity contribution is 6.31. The molecule has 0 unspecified atom stereocenters. The van der Waals surface area contributed by atoms with Gasteiger partial charge in [-0.1, -0.05) is 35.9 Å². The van der Waals surface area contributed by atoms with E-state index in [0.717, 1.165) is 29.0 Å². The van der Waals surface area contributed by atoms with Gasteiger partial charge in [-0.05, 0) is 24.3 Å². The second kappa shape index (κ2) is 10.4. The van der Waals surface area contributed by atoms with Crippen LogP contribution in [0, 0.1) is 5.82 Å². The number of hydrogen-bond donors (Lipinski definition) is 1. The van der Waals surface area contributed by atoms with Crippen molar-refractivity contribution in [1.82, 2.24) is 10.2 Å². The zero-order valence-corrected chi connectivity index (χ0v) is 19.9. The molecule has 1 N–H and O–H groups in total. The predicted octanol–water partition coefficient (Wildman–Crippen LogP) is 3.89. The van der Waals surface area contributed by atoms with E-state index in [1.165, 1.54) is 24.3 Å². The Labute approximate surface area is 209 Å². The summed E-state index contributed by atoms with van der Waals surface area (Å²) in [5, 5.41) is 2.67. The van der Waals surface area contributed by atoms with E-state index >= 15 is 0 Å². The van der Waals surface area contributed by atoms with E-state index in [4.69, 9.17) is 21.1 Å². The van der Waals surface area contributed by atoms with Gasteiger partial charge in [0.15, 0.2) is 0 Å². The lowest BCUT2D eigenvalue weighted by atomic mass is 9.87. The van der Waals surface area contributed by atoms with Crippen molar-refractivity contribution in [2.24, 2.45) is 0 Å². The number of carbonyl (C=O) groups is 3. The van der Waals surface area contributed by atoms with Gasteiger partial charge in [-0.25, -0.2) is 18.0 Å². The molecule has 1 saturated carbocycles. The zero-order chi connectivity index (χ0) is 26.0. The third-order valence-corrected chi connectivity index (χ3v) is 6.39. The first kappa shape index (κ1) is 25.8. The number of nitrogens with one attached hydrogen (secondary N) is 1. The van der Waals surface area contributed by atoms with Crippen LogP contribution in [-0.2, 0) is 19.1 Å². The lowest BCUT2D eigenvalue weighted by Gasteiger charge is -2.39. The van der Waals surface area contributed by atoms with Crippen LogP contribution in [0.15, 0.2) is 48.5 Å². The van der Waals surface area contributed by atoms with Gasteiger partial charge in [-0.3, -0.25) is 19.4 Å². The molecule has 2 aromatic rings. The van der Waals surface area contributed by atoms with E-state index in [2.05, 4.69) is 5.32 Å². The van der Waals surface area contributed by atoms with Crippen LogP contribution >= 0.6 is 11.6 Å². The van der Waals surface area contributed by atoms with E-state index in [0.29, 0.717) is 0 Å². The summed E-state index contributed by atoms with van der Waals surface area (Å²) in [5.41, 5.74) is 0.180. The third kappa shape index (κ3) is 5.26. The maximum atomic E-state index is 14.3. The van der Waals surface area contributed by atoms with Gasteiger partial charge in [0.05, 0.1) is 13.7 Å². The molecule has 2 fully saturated rings. The van der Waals surface area contributed by atoms with Crippen molar-refractivity contribution in [2.75, 3.05) is 25.3 Å². The molecule has 2 aliphatic rings. The molecule has 1 heterocycles. The number of alkyl halides is 2. The Hall–Kier alpha value is -3.31. The number of hydrogen-bond acceptors (Lipinski definition) is 5. The summed E-state index contributed by atoms with van der Waals surface area (Å²) in [7, 11) is 1.14. The summed E-state index contributed by atoms with van der Waals surface area (Å²) in [6, 6.07) is 7.69. The molecular formula is C24H23ClF3N3O5. The molecule has 8 nitrogen and oxygen atoms in total. The van der Waals surface area contributed by atoms with Crippen molar-refractivity contribution < 1.29 is 37.0 Å². The van der Waals surface area contributed by atoms with Crippen molar-refractivity contribution in [1.29, 1.82) is 0 Å². The predicted molar refractivity (Wildman–Crippen MR) is 123 cm³/mol. The van der Waals surface area contributed by atoms with Crippen LogP contribution < -0.4 is 10.2 Å². The molecule has 3 amide bonds. The number of rotatable bonds is 6. The van der Waals surface area contributed by atoms with E-state index < -0.39 is 60.6 Å². The summed E-state index contributed by atoms with van der Waals surface area (Å²) >= 11 is 6.40. The average molecular weight is 526 g/mol. The van der Waals surface area contributed by atoms with Crippen LogP contribution in [0.25, 0.3) is 0 Å². The number of amides is 3. The van der Waals surface area contributed by atoms with Crippen LogP contribution in [-0.4, -0.2) is 61.3 Å². The van der Waals surface area contributed by atoms with Crippen LogP contribution in [0.2, 0.25) is 5.02 Å². The van der Waals surface area contributed by atoms with Crippen molar-refractivity contribution in [3.8, 4) is 0 Å². The van der Waals surface area contributed by atoms with Gasteiger partial charge < -0.3 is 14.8 Å². The monoisotopic (exact) mass is 525 g/mol. The summed E-state index contributed by atoms with van der Waals surface area (Å²) in [5.74, 6) is -5.14. The molecule has 0 radical (unpaired) electrons. The molecule has 2 atom stereocenters. The van der Waals surface area contributed by atoms with Gasteiger partial charge in [0.1, 0.15) is 24.6 Å². The van der Waals surface area contributed by atoms with Crippen molar-refractivity contribution in [3.05, 3.63) is 64.9 Å². The van der Waals surface area contributed by atoms with Gasteiger partial charge in [0.2, 0.25) is 5.91 Å². The zero-order valence-electron chi connectivity index (χ0n) is 19.1. The topological polar surface area (TPSA) is 88.2 Å². The first-order chi connectivity index (χ1) is 17.1. The molecule has 1 aliphatic carbocycles. The molecule has 1 saturated heterocycles. The molecule has 1 aliphatic heterocycles. The van der Waals surface area contributed by atoms with Crippen molar-refractivity contribution in [3.63, 3.8) is 0 Å². The number of carbonyl (C=O) groups excluding carboxylic acids is 3. The standard InChI is InChI=1S/C24H23ClF3N3O5/c1-35-23(34)30-13-36-12-19(30)22(33)31(16-6-4-5-14(26)9-16)20(17-7-2-3-8-18(17)25)21(32)29-15-10-24(27,28)11-15/h2-9,15,19-20H,10-13H2,1H3,(H,29,32)/t19-,20-/m0/s1. The molecule has 2 aromatic carbocycles. The molecule has 12 heteroatoms. The smallest absolute Gasteiger partial charge is 0.412 e. The normalized spacial score (nSPS) is 19.8. The second-order valence-corrected chi connectivity index (χ2v) is 8.94. The van der Waals surface area contributed by atoms with Crippen LogP contribution in [0.5, 0.6) is 0 Å². The Balaban J connectivity index is 1.79. The number of benzene rings is 2. The highest BCUT2D eigenvalue weighted by Gasteiger charge is 2.48. The number of anilines is 1. The highest BCUT2D eigenvalue weighted by Crippen LogP contribution is 2.39. The molecule has 4 rings (SSSR count). The Kier molecular flexibility index (Phi) is 7.41. The quantitative estimate of drug-likeness (QED) is 0.618. The molecule has 36 heavy (non-hydrogen) atoms. The fraction of sp³-hybridized carbons (Fsp3) is 0.375. The maximum absolute atomic E-state index is 14.3. The van der Waals surface area contributed by atoms with Gasteiger partial charge in [0, 0.05) is 35.2 Å². The fourth-order valence-electron chi connectivity index (χ4n) is 4.27. The maximum Gasteiger partial charge on any atom is 0.412 e. The molecular weight excluding hydrogens is 503 g/mol. The second-order valence-electron chi connectivity index (χ2n) is 8.54. The Morgan fingerprint density at radius 1 is 1.19 bits per heavy atom. The lowest BCUT2D eigenvalue weighted by Crippen LogP contribution is -2.56. The number of ether oxygens (including phenoxy) is 2. The molecule has 0 bridgehead atoms. The van der Waals surface area contributed by atoms with Gasteiger partial charge >= 0.3 is 6.09 Å². The van der Waals surface area contributed by atoms with E-state index in [1.54, 1.807) is 12.1 Å². The van der Waals surface area contributed by atoms with E-state index in [-0.39, 0.29) is 29.6 Å². The lowest BCUT2D eigenvalue weighted by molar-refractivity contribution is -0.133. The average Bonchev–Trinajstić information content (AvgIpc) is 3.31. The Morgan fingerprint density at radius 2 is 1.92 bits per heavy atom. The SMILES string of the molecule is COC(=O)N1COC[C@H]1C(=O)N(c1cccc(F)c1)[C@H](C(=O)NC1CC(F)(F)C1)c1ccccc1Cl. The van der Waals surface area contributed by atoms with Crippen LogP contribution in [0.1, 0.15) is 24.4 Å². The first-order valence-corrected chi connectivity index (χ1v) is 11.4. The minimum absolute atomic E-state index is 0.00396. The van der Waals surface area contributed by atoms with Crippen molar-refractivity contribution >= 4 is 35.2 Å². The van der Waals surface area contributed by atoms with Gasteiger partial charge in [0.25, 0.3) is 11.8 Å². The largest absolute Gasteiger partial charge is 0.453 e. The molecule has 0 spiro atoms. The first-order valence-electron chi connectivity index (χ1n) is 11.0. The fourth-order valence-corrected chi connectivity index (χ4v) is 4.51. The van der Waals surface area contributed by atoms with Gasteiger partial charge in [-0.2, -0.15) is 0 Å². The van der Waals surface area contributed by atoms with E-state index in [9.17, 15) is 27.6 Å². The number of halogens is 4. The van der Waals surface area contributed by atoms with Crippen LogP contribution in [0.4, 0.5) is 23.7 Å². The molecule has 0 aromatic heterocycles. The summed E-state index contributed by atoms with van der Waals surface area (Å²) in [4.78, 5) is 41.8. The van der Waals surface area contributed by atoms with Crippen LogP contribution in [0.3, 0.4) is 0 Å². The third-order valence-electron chi connectivity index (χ3n) is 6.04. The Morgan fingerprint density at radius 3 is 2.56 bits per heavy atom. The summed E-state index contributed by atoms with van der Waals surface area (Å²) < 4.78 is 51.2. The number of nitrogens with zero attached hydrogens (tertiary/aromatic N) is 2. The summed E-state index contributed by atoms with van der Waals surface area (Å²) in [6.07, 6.45) is -1.93. The number of methoxy groups -OCH3 is 1. The summed E-state index contributed by atoms with van der Waals surface area (Å²) in [6.45, 7) is -0.439. The minimum Gasteiger partial charge on any atom is -0.453 e. The van der Waals surface area contributed by atoms with Crippen molar-refractivity contribution in [2.45, 2.75) is 36.9 Å². The highest BCUT2D eigenvalue weighted by atomic mass is 35.5. The minimum atomic E-state index is -2.89. The molecule has 192 valence electrons. The Bertz CT molecular complexity index is 1160.